The zero-order chi connectivity index (χ0) is 13.4. The van der Waals surface area contributed by atoms with Crippen molar-refractivity contribution in [3.63, 3.8) is 0 Å². The van der Waals surface area contributed by atoms with Crippen LogP contribution in [0.15, 0.2) is 18.2 Å². The molecule has 4 nitrogen and oxygen atoms in total. The Morgan fingerprint density at radius 1 is 1.00 bits per heavy atom. The van der Waals surface area contributed by atoms with Crippen LogP contribution in [0.3, 0.4) is 0 Å². The second-order valence-electron chi connectivity index (χ2n) is 6.03. The molecule has 1 aromatic carbocycles. The van der Waals surface area contributed by atoms with Crippen LogP contribution in [0, 0.1) is 5.92 Å². The molecular weight excluding hydrogens is 252 g/mol. The molecule has 0 radical (unpaired) electrons. The number of anilines is 1. The van der Waals surface area contributed by atoms with E-state index < -0.39 is 0 Å². The van der Waals surface area contributed by atoms with Gasteiger partial charge in [-0.25, -0.2) is 0 Å². The summed E-state index contributed by atoms with van der Waals surface area (Å²) in [6.07, 6.45) is 2.88. The third-order valence-electron chi connectivity index (χ3n) is 4.47. The molecule has 0 atom stereocenters. The van der Waals surface area contributed by atoms with Crippen LogP contribution in [-0.2, 0) is 0 Å². The number of fused-ring (bicyclic) bond motifs is 1. The number of rotatable bonds is 3. The van der Waals surface area contributed by atoms with Gasteiger partial charge in [-0.3, -0.25) is 4.90 Å². The van der Waals surface area contributed by atoms with Gasteiger partial charge >= 0.3 is 0 Å². The van der Waals surface area contributed by atoms with E-state index in [4.69, 9.17) is 9.47 Å². The molecule has 0 amide bonds. The molecule has 0 unspecified atom stereocenters. The predicted octanol–water partition coefficient (Wildman–Crippen LogP) is 1.99. The van der Waals surface area contributed by atoms with Crippen molar-refractivity contribution in [1.82, 2.24) is 4.90 Å². The first kappa shape index (κ1) is 12.3. The molecule has 108 valence electrons. The van der Waals surface area contributed by atoms with Gasteiger partial charge in [0.15, 0.2) is 11.5 Å². The molecule has 1 aliphatic carbocycles. The number of nitrogens with zero attached hydrogens (tertiary/aromatic N) is 2. The van der Waals surface area contributed by atoms with Crippen molar-refractivity contribution in [2.24, 2.45) is 5.92 Å². The molecule has 0 bridgehead atoms. The average Bonchev–Trinajstić information content (AvgIpc) is 3.32. The molecule has 0 aromatic heterocycles. The van der Waals surface area contributed by atoms with Crippen LogP contribution >= 0.6 is 0 Å². The highest BCUT2D eigenvalue weighted by Gasteiger charge is 2.28. The molecule has 0 N–H and O–H groups in total. The number of hydrogen-bond acceptors (Lipinski definition) is 4. The Morgan fingerprint density at radius 3 is 2.60 bits per heavy atom. The number of hydrogen-bond donors (Lipinski definition) is 0. The second kappa shape index (κ2) is 5.17. The number of ether oxygens (including phenoxy) is 2. The molecule has 4 heteroatoms. The van der Waals surface area contributed by atoms with Gasteiger partial charge in [-0.2, -0.15) is 0 Å². The van der Waals surface area contributed by atoms with Crippen LogP contribution in [0.1, 0.15) is 12.8 Å². The molecular formula is C16H22N2O2. The van der Waals surface area contributed by atoms with Gasteiger partial charge in [0, 0.05) is 32.7 Å². The summed E-state index contributed by atoms with van der Waals surface area (Å²) in [7, 11) is 0. The zero-order valence-electron chi connectivity index (χ0n) is 11.9. The first-order valence-electron chi connectivity index (χ1n) is 7.76. The Hall–Kier alpha value is -1.42. The molecule has 2 fully saturated rings. The summed E-state index contributed by atoms with van der Waals surface area (Å²) in [5.41, 5.74) is 1.20. The van der Waals surface area contributed by atoms with E-state index in [1.165, 1.54) is 38.2 Å². The highest BCUT2D eigenvalue weighted by molar-refractivity contribution is 5.65. The molecule has 2 aliphatic heterocycles. The van der Waals surface area contributed by atoms with Gasteiger partial charge in [0.25, 0.3) is 0 Å². The summed E-state index contributed by atoms with van der Waals surface area (Å²) in [4.78, 5) is 5.05. The Morgan fingerprint density at radius 2 is 1.80 bits per heavy atom. The van der Waals surface area contributed by atoms with E-state index >= 15 is 0 Å². The van der Waals surface area contributed by atoms with E-state index in [-0.39, 0.29) is 0 Å². The molecule has 0 spiro atoms. The summed E-state index contributed by atoms with van der Waals surface area (Å²) in [5.74, 6) is 2.83. The lowest BCUT2D eigenvalue weighted by Gasteiger charge is -2.37. The second-order valence-corrected chi connectivity index (χ2v) is 6.03. The maximum absolute atomic E-state index is 5.83. The average molecular weight is 274 g/mol. The molecule has 1 aromatic rings. The Kier molecular flexibility index (Phi) is 3.19. The first-order valence-corrected chi connectivity index (χ1v) is 7.76. The first-order chi connectivity index (χ1) is 9.90. The summed E-state index contributed by atoms with van der Waals surface area (Å²) in [5, 5.41) is 0. The van der Waals surface area contributed by atoms with E-state index in [0.29, 0.717) is 13.2 Å². The van der Waals surface area contributed by atoms with Crippen LogP contribution in [0.2, 0.25) is 0 Å². The van der Waals surface area contributed by atoms with Gasteiger partial charge < -0.3 is 14.4 Å². The summed E-state index contributed by atoms with van der Waals surface area (Å²) >= 11 is 0. The van der Waals surface area contributed by atoms with Crippen LogP contribution in [0.4, 0.5) is 5.69 Å². The molecule has 2 heterocycles. The Bertz CT molecular complexity index is 479. The lowest BCUT2D eigenvalue weighted by molar-refractivity contribution is 0.171. The van der Waals surface area contributed by atoms with E-state index in [2.05, 4.69) is 21.9 Å². The Balaban J connectivity index is 1.45. The van der Waals surface area contributed by atoms with Gasteiger partial charge in [-0.15, -0.1) is 0 Å². The Labute approximate surface area is 120 Å². The van der Waals surface area contributed by atoms with E-state index in [1.807, 2.05) is 6.07 Å². The largest absolute Gasteiger partial charge is 0.486 e. The van der Waals surface area contributed by atoms with Gasteiger partial charge in [-0.1, -0.05) is 6.07 Å². The zero-order valence-corrected chi connectivity index (χ0v) is 11.9. The van der Waals surface area contributed by atoms with E-state index in [1.54, 1.807) is 0 Å². The van der Waals surface area contributed by atoms with Gasteiger partial charge in [0.05, 0.1) is 5.69 Å². The van der Waals surface area contributed by atoms with E-state index in [0.717, 1.165) is 30.5 Å². The van der Waals surface area contributed by atoms with Crippen LogP contribution in [0.25, 0.3) is 0 Å². The minimum Gasteiger partial charge on any atom is -0.486 e. The summed E-state index contributed by atoms with van der Waals surface area (Å²) < 4.78 is 11.5. The quantitative estimate of drug-likeness (QED) is 0.841. The fourth-order valence-electron chi connectivity index (χ4n) is 3.14. The van der Waals surface area contributed by atoms with Crippen molar-refractivity contribution in [3.8, 4) is 11.5 Å². The van der Waals surface area contributed by atoms with Gasteiger partial charge in [0.1, 0.15) is 13.2 Å². The fraction of sp³-hybridized carbons (Fsp3) is 0.625. The highest BCUT2D eigenvalue weighted by Crippen LogP contribution is 2.40. The third kappa shape index (κ3) is 2.44. The summed E-state index contributed by atoms with van der Waals surface area (Å²) in [6, 6.07) is 6.23. The van der Waals surface area contributed by atoms with Crippen LogP contribution in [0.5, 0.6) is 11.5 Å². The SMILES string of the molecule is c1cc2c(c(N3CCN(CC4CC4)CC3)c1)OCCO2. The maximum atomic E-state index is 5.83. The number of piperazine rings is 1. The molecule has 1 saturated carbocycles. The maximum Gasteiger partial charge on any atom is 0.184 e. The summed E-state index contributed by atoms with van der Waals surface area (Å²) in [6.45, 7) is 7.14. The lowest BCUT2D eigenvalue weighted by atomic mass is 10.2. The number of para-hydroxylation sites is 1. The minimum absolute atomic E-state index is 0.658. The van der Waals surface area contributed by atoms with Crippen molar-refractivity contribution < 1.29 is 9.47 Å². The molecule has 3 aliphatic rings. The van der Waals surface area contributed by atoms with Crippen molar-refractivity contribution >= 4 is 5.69 Å². The van der Waals surface area contributed by atoms with E-state index in [9.17, 15) is 0 Å². The fourth-order valence-corrected chi connectivity index (χ4v) is 3.14. The van der Waals surface area contributed by atoms with Crippen molar-refractivity contribution in [2.75, 3.05) is 50.8 Å². The van der Waals surface area contributed by atoms with Crippen LogP contribution < -0.4 is 14.4 Å². The number of benzene rings is 1. The molecule has 20 heavy (non-hydrogen) atoms. The molecule has 1 saturated heterocycles. The molecule has 4 rings (SSSR count). The van der Waals surface area contributed by atoms with Crippen molar-refractivity contribution in [1.29, 1.82) is 0 Å². The topological polar surface area (TPSA) is 24.9 Å². The van der Waals surface area contributed by atoms with Gasteiger partial charge in [-0.05, 0) is 30.9 Å². The van der Waals surface area contributed by atoms with Gasteiger partial charge in [0.2, 0.25) is 0 Å². The third-order valence-corrected chi connectivity index (χ3v) is 4.47. The minimum atomic E-state index is 0.658. The standard InChI is InChI=1S/C16H22N2O2/c1-2-14(16-15(3-1)19-10-11-20-16)18-8-6-17(7-9-18)12-13-4-5-13/h1-3,13H,4-12H2. The monoisotopic (exact) mass is 274 g/mol. The normalized spacial score (nSPS) is 22.9. The van der Waals surface area contributed by atoms with Crippen molar-refractivity contribution in [2.45, 2.75) is 12.8 Å². The predicted molar refractivity (Wildman–Crippen MR) is 78.8 cm³/mol. The van der Waals surface area contributed by atoms with Crippen LogP contribution in [-0.4, -0.2) is 50.8 Å². The highest BCUT2D eigenvalue weighted by atomic mass is 16.6. The van der Waals surface area contributed by atoms with Crippen molar-refractivity contribution in [3.05, 3.63) is 18.2 Å². The lowest BCUT2D eigenvalue weighted by Crippen LogP contribution is -2.47. The smallest absolute Gasteiger partial charge is 0.184 e.